The van der Waals surface area contributed by atoms with Crippen LogP contribution in [-0.2, 0) is 6.42 Å². The minimum absolute atomic E-state index is 0.0616. The molecule has 7 nitrogen and oxygen atoms in total. The quantitative estimate of drug-likeness (QED) is 0.905. The van der Waals surface area contributed by atoms with Crippen molar-refractivity contribution in [3.63, 3.8) is 0 Å². The summed E-state index contributed by atoms with van der Waals surface area (Å²) < 4.78 is 10.2. The summed E-state index contributed by atoms with van der Waals surface area (Å²) in [6.07, 6.45) is 1.24. The number of aliphatic hydroxyl groups excluding tert-OH is 1. The van der Waals surface area contributed by atoms with Crippen molar-refractivity contribution in [2.75, 3.05) is 13.1 Å². The summed E-state index contributed by atoms with van der Waals surface area (Å²) in [7, 11) is 0. The largest absolute Gasteiger partial charge is 0.448 e. The zero-order valence-corrected chi connectivity index (χ0v) is 11.9. The van der Waals surface area contributed by atoms with Crippen molar-refractivity contribution < 1.29 is 18.8 Å². The van der Waals surface area contributed by atoms with E-state index in [9.17, 15) is 9.90 Å². The zero-order valence-electron chi connectivity index (χ0n) is 11.9. The van der Waals surface area contributed by atoms with Crippen molar-refractivity contribution >= 4 is 5.91 Å². The Bertz CT molecular complexity index is 648. The predicted octanol–water partition coefficient (Wildman–Crippen LogP) is 0.955. The number of oxazole rings is 1. The molecule has 1 saturated heterocycles. The van der Waals surface area contributed by atoms with Gasteiger partial charge in [0.1, 0.15) is 11.5 Å². The van der Waals surface area contributed by atoms with Gasteiger partial charge < -0.3 is 18.9 Å². The monoisotopic (exact) mass is 291 g/mol. The highest BCUT2D eigenvalue weighted by Crippen LogP contribution is 2.23. The van der Waals surface area contributed by atoms with Crippen molar-refractivity contribution in [2.45, 2.75) is 26.4 Å². The Labute approximate surface area is 121 Å². The lowest BCUT2D eigenvalue weighted by molar-refractivity contribution is 0.0758. The Morgan fingerprint density at radius 2 is 2.29 bits per heavy atom. The van der Waals surface area contributed by atoms with Crippen LogP contribution in [-0.4, -0.2) is 45.2 Å². The summed E-state index contributed by atoms with van der Waals surface area (Å²) in [5.74, 6) is 0.942. The van der Waals surface area contributed by atoms with Crippen molar-refractivity contribution in [3.05, 3.63) is 35.4 Å². The first-order valence-corrected chi connectivity index (χ1v) is 6.84. The molecule has 21 heavy (non-hydrogen) atoms. The number of hydrogen-bond acceptors (Lipinski definition) is 6. The van der Waals surface area contributed by atoms with Gasteiger partial charge in [-0.3, -0.25) is 4.79 Å². The molecule has 0 bridgehead atoms. The molecule has 7 heteroatoms. The average molecular weight is 291 g/mol. The molecule has 0 aliphatic carbocycles. The first-order chi connectivity index (χ1) is 10.0. The molecule has 0 saturated carbocycles. The number of β-amino-alcohol motifs (C(OH)–C–C–N with tert-alkyl or cyclic N) is 1. The van der Waals surface area contributed by atoms with Crippen LogP contribution >= 0.6 is 0 Å². The summed E-state index contributed by atoms with van der Waals surface area (Å²) >= 11 is 0. The van der Waals surface area contributed by atoms with Gasteiger partial charge in [-0.05, 0) is 13.8 Å². The number of aromatic nitrogens is 2. The van der Waals surface area contributed by atoms with Crippen LogP contribution in [0.15, 0.2) is 21.4 Å². The number of aliphatic hydroxyl groups is 1. The second-order valence-electron chi connectivity index (χ2n) is 5.43. The third kappa shape index (κ3) is 2.69. The van der Waals surface area contributed by atoms with E-state index in [1.807, 2.05) is 13.0 Å². The third-order valence-corrected chi connectivity index (χ3v) is 3.78. The number of amides is 1. The van der Waals surface area contributed by atoms with Gasteiger partial charge >= 0.3 is 0 Å². The van der Waals surface area contributed by atoms with Crippen LogP contribution in [0.1, 0.15) is 27.7 Å². The van der Waals surface area contributed by atoms with Gasteiger partial charge in [0.25, 0.3) is 5.91 Å². The standard InChI is InChI=1S/C14H17N3O4/c1-8-3-11(21-16-8)4-10-5-17(6-12(10)18)14(19)13-9(2)20-7-15-13/h3,7,10,12,18H,4-6H2,1-2H3/t10-,12+/m1/s1. The summed E-state index contributed by atoms with van der Waals surface area (Å²) in [6, 6.07) is 1.85. The minimum atomic E-state index is -0.577. The number of carbonyl (C=O) groups is 1. The first-order valence-electron chi connectivity index (χ1n) is 6.84. The van der Waals surface area contributed by atoms with Gasteiger partial charge in [-0.1, -0.05) is 5.16 Å². The highest BCUT2D eigenvalue weighted by atomic mass is 16.5. The molecule has 1 N–H and O–H groups in total. The number of carbonyl (C=O) groups excluding carboxylic acids is 1. The number of rotatable bonds is 3. The molecule has 3 rings (SSSR count). The molecule has 2 aromatic rings. The van der Waals surface area contributed by atoms with E-state index in [0.717, 1.165) is 11.5 Å². The molecule has 1 amide bonds. The van der Waals surface area contributed by atoms with Crippen LogP contribution in [0.2, 0.25) is 0 Å². The molecule has 1 aliphatic heterocycles. The van der Waals surface area contributed by atoms with Gasteiger partial charge in [0.05, 0.1) is 11.8 Å². The average Bonchev–Trinajstić information content (AvgIpc) is 3.12. The molecule has 112 valence electrons. The molecule has 1 aliphatic rings. The van der Waals surface area contributed by atoms with Crippen LogP contribution in [0.4, 0.5) is 0 Å². The number of hydrogen-bond donors (Lipinski definition) is 1. The Morgan fingerprint density at radius 1 is 1.48 bits per heavy atom. The maximum absolute atomic E-state index is 12.3. The van der Waals surface area contributed by atoms with Crippen molar-refractivity contribution in [3.8, 4) is 0 Å². The molecular weight excluding hydrogens is 274 g/mol. The SMILES string of the molecule is Cc1cc(C[C@@H]2CN(C(=O)c3ncoc3C)C[C@@H]2O)on1. The van der Waals surface area contributed by atoms with Crippen LogP contribution in [0.3, 0.4) is 0 Å². The van der Waals surface area contributed by atoms with Gasteiger partial charge in [-0.2, -0.15) is 0 Å². The Balaban J connectivity index is 1.68. The van der Waals surface area contributed by atoms with E-state index < -0.39 is 6.10 Å². The Hall–Kier alpha value is -2.15. The zero-order chi connectivity index (χ0) is 15.0. The third-order valence-electron chi connectivity index (χ3n) is 3.78. The van der Waals surface area contributed by atoms with E-state index in [-0.39, 0.29) is 11.8 Å². The second-order valence-corrected chi connectivity index (χ2v) is 5.43. The Morgan fingerprint density at radius 3 is 2.90 bits per heavy atom. The molecule has 0 spiro atoms. The van der Waals surface area contributed by atoms with Gasteiger partial charge in [0.15, 0.2) is 12.1 Å². The summed E-state index contributed by atoms with van der Waals surface area (Å²) in [5.41, 5.74) is 1.11. The maximum atomic E-state index is 12.3. The van der Waals surface area contributed by atoms with Crippen molar-refractivity contribution in [2.24, 2.45) is 5.92 Å². The summed E-state index contributed by atoms with van der Waals surface area (Å²) in [5, 5.41) is 14.0. The van der Waals surface area contributed by atoms with Crippen LogP contribution < -0.4 is 0 Å². The molecule has 0 radical (unpaired) electrons. The molecule has 2 aromatic heterocycles. The van der Waals surface area contributed by atoms with Gasteiger partial charge in [0.2, 0.25) is 0 Å². The van der Waals surface area contributed by atoms with Gasteiger partial charge in [0, 0.05) is 31.5 Å². The first kappa shape index (κ1) is 13.8. The van der Waals surface area contributed by atoms with Gasteiger partial charge in [-0.15, -0.1) is 0 Å². The maximum Gasteiger partial charge on any atom is 0.276 e. The summed E-state index contributed by atoms with van der Waals surface area (Å²) in [6.45, 7) is 4.30. The van der Waals surface area contributed by atoms with E-state index in [0.29, 0.717) is 31.0 Å². The van der Waals surface area contributed by atoms with Gasteiger partial charge in [-0.25, -0.2) is 4.98 Å². The van der Waals surface area contributed by atoms with E-state index >= 15 is 0 Å². The van der Waals surface area contributed by atoms with Crippen LogP contribution in [0.5, 0.6) is 0 Å². The number of aryl methyl sites for hydroxylation is 2. The minimum Gasteiger partial charge on any atom is -0.448 e. The lowest BCUT2D eigenvalue weighted by atomic mass is 10.0. The fourth-order valence-corrected chi connectivity index (χ4v) is 2.65. The number of nitrogens with zero attached hydrogens (tertiary/aromatic N) is 3. The highest BCUT2D eigenvalue weighted by molar-refractivity contribution is 5.93. The van der Waals surface area contributed by atoms with Crippen molar-refractivity contribution in [1.82, 2.24) is 15.0 Å². The summed E-state index contributed by atoms with van der Waals surface area (Å²) in [4.78, 5) is 17.9. The molecule has 0 aromatic carbocycles. The molecule has 1 fully saturated rings. The Kier molecular flexibility index (Phi) is 3.50. The van der Waals surface area contributed by atoms with E-state index in [1.165, 1.54) is 6.39 Å². The normalized spacial score (nSPS) is 22.0. The fourth-order valence-electron chi connectivity index (χ4n) is 2.65. The van der Waals surface area contributed by atoms with Crippen LogP contribution in [0, 0.1) is 19.8 Å². The molecule has 0 unspecified atom stereocenters. The second kappa shape index (κ2) is 5.33. The molecule has 3 heterocycles. The highest BCUT2D eigenvalue weighted by Gasteiger charge is 2.36. The van der Waals surface area contributed by atoms with E-state index in [1.54, 1.807) is 11.8 Å². The lowest BCUT2D eigenvalue weighted by Gasteiger charge is -2.14. The van der Waals surface area contributed by atoms with E-state index in [2.05, 4.69) is 10.1 Å². The molecule has 2 atom stereocenters. The van der Waals surface area contributed by atoms with Crippen molar-refractivity contribution in [1.29, 1.82) is 0 Å². The topological polar surface area (TPSA) is 92.6 Å². The van der Waals surface area contributed by atoms with Crippen LogP contribution in [0.25, 0.3) is 0 Å². The fraction of sp³-hybridized carbons (Fsp3) is 0.500. The van der Waals surface area contributed by atoms with E-state index in [4.69, 9.17) is 8.94 Å². The molecular formula is C14H17N3O4. The lowest BCUT2D eigenvalue weighted by Crippen LogP contribution is -2.30. The smallest absolute Gasteiger partial charge is 0.276 e. The number of likely N-dealkylation sites (tertiary alicyclic amines) is 1. The predicted molar refractivity (Wildman–Crippen MR) is 71.6 cm³/mol.